The third kappa shape index (κ3) is 7.33. The summed E-state index contributed by atoms with van der Waals surface area (Å²) in [4.78, 5) is 0. The molecular weight excluding hydrogens is 130 g/mol. The molecule has 3 heteroatoms. The first kappa shape index (κ1) is 9.33. The van der Waals surface area contributed by atoms with Crippen molar-refractivity contribution in [2.24, 2.45) is 0 Å². The van der Waals surface area contributed by atoms with Crippen LogP contribution in [0.15, 0.2) is 12.7 Å². The molecule has 0 aliphatic carbocycles. The predicted molar refractivity (Wildman–Crippen MR) is 39.8 cm³/mol. The van der Waals surface area contributed by atoms with Gasteiger partial charge in [0.25, 0.3) is 0 Å². The molecule has 0 unspecified atom stereocenters. The highest BCUT2D eigenvalue weighted by molar-refractivity contribution is 5.50. The fraction of sp³-hybridized carbons (Fsp3) is 0.571. The summed E-state index contributed by atoms with van der Waals surface area (Å²) in [6.07, 6.45) is 3.17. The molecule has 0 spiro atoms. The van der Waals surface area contributed by atoms with Gasteiger partial charge in [0, 0.05) is 0 Å². The number of rotatable bonds is 7. The molecule has 0 atom stereocenters. The molecule has 0 aromatic carbocycles. The van der Waals surface area contributed by atoms with E-state index in [4.69, 9.17) is 14.9 Å². The van der Waals surface area contributed by atoms with Crippen molar-refractivity contribution in [2.75, 3.05) is 26.4 Å². The van der Waals surface area contributed by atoms with Crippen LogP contribution in [0.25, 0.3) is 0 Å². The second kappa shape index (κ2) is 8.33. The van der Waals surface area contributed by atoms with E-state index in [0.717, 1.165) is 0 Å². The maximum atomic E-state index is 5.06. The van der Waals surface area contributed by atoms with Crippen molar-refractivity contribution in [2.45, 2.75) is 0 Å². The fourth-order valence-electron chi connectivity index (χ4n) is 0.436. The summed E-state index contributed by atoms with van der Waals surface area (Å²) in [5.41, 5.74) is 0. The highest BCUT2D eigenvalue weighted by Gasteiger charge is 1.85. The zero-order valence-corrected chi connectivity index (χ0v) is 6.08. The van der Waals surface area contributed by atoms with Crippen LogP contribution in [0.5, 0.6) is 0 Å². The fourth-order valence-corrected chi connectivity index (χ4v) is 0.436. The summed E-state index contributed by atoms with van der Waals surface area (Å²) in [6, 6.07) is 0. The van der Waals surface area contributed by atoms with Crippen molar-refractivity contribution in [3.8, 4) is 0 Å². The van der Waals surface area contributed by atoms with Crippen LogP contribution in [-0.4, -0.2) is 32.6 Å². The van der Waals surface area contributed by atoms with Crippen LogP contribution in [0.3, 0.4) is 0 Å². The van der Waals surface area contributed by atoms with Gasteiger partial charge >= 0.3 is 0 Å². The quantitative estimate of drug-likeness (QED) is 0.284. The van der Waals surface area contributed by atoms with Crippen LogP contribution >= 0.6 is 0 Å². The van der Waals surface area contributed by atoms with Crippen LogP contribution in [-0.2, 0) is 9.47 Å². The summed E-state index contributed by atoms with van der Waals surface area (Å²) >= 11 is 0. The second-order valence-corrected chi connectivity index (χ2v) is 1.67. The molecule has 0 saturated heterocycles. The van der Waals surface area contributed by atoms with Gasteiger partial charge in [-0.05, 0) is 0 Å². The third-order valence-corrected chi connectivity index (χ3v) is 0.822. The zero-order chi connectivity index (χ0) is 7.66. The summed E-state index contributed by atoms with van der Waals surface area (Å²) in [7, 11) is 0. The minimum Gasteiger partial charge on any atom is -0.375 e. The van der Waals surface area contributed by atoms with Gasteiger partial charge in [0.15, 0.2) is 6.21 Å². The van der Waals surface area contributed by atoms with Crippen LogP contribution in [0.2, 0.25) is 0 Å². The Kier molecular flexibility index (Phi) is 7.77. The molecule has 0 heterocycles. The van der Waals surface area contributed by atoms with E-state index in [1.807, 2.05) is 0 Å². The van der Waals surface area contributed by atoms with Crippen molar-refractivity contribution in [1.82, 2.24) is 0 Å². The Morgan fingerprint density at radius 3 is 2.30 bits per heavy atom. The number of ether oxygens (including phenoxy) is 2. The highest BCUT2D eigenvalue weighted by Crippen LogP contribution is 1.76. The van der Waals surface area contributed by atoms with Gasteiger partial charge in [-0.2, -0.15) is 0 Å². The third-order valence-electron chi connectivity index (χ3n) is 0.822. The molecule has 0 aromatic heterocycles. The van der Waals surface area contributed by atoms with E-state index in [2.05, 4.69) is 6.58 Å². The Labute approximate surface area is 61.2 Å². The number of nitrogens with two attached hydrogens (primary N) is 1. The Balaban J connectivity index is 2.76. The van der Waals surface area contributed by atoms with Crippen molar-refractivity contribution in [3.05, 3.63) is 12.7 Å². The van der Waals surface area contributed by atoms with E-state index in [1.54, 1.807) is 6.08 Å². The van der Waals surface area contributed by atoms with Gasteiger partial charge < -0.3 is 9.47 Å². The van der Waals surface area contributed by atoms with Gasteiger partial charge in [0.05, 0.1) is 19.8 Å². The van der Waals surface area contributed by atoms with E-state index in [0.29, 0.717) is 26.4 Å². The Morgan fingerprint density at radius 1 is 1.20 bits per heavy atom. The first-order valence-electron chi connectivity index (χ1n) is 3.21. The molecular formula is C7H14NO2+. The smallest absolute Gasteiger partial charge is 0.162 e. The van der Waals surface area contributed by atoms with E-state index in [1.165, 1.54) is 6.21 Å². The summed E-state index contributed by atoms with van der Waals surface area (Å²) in [5, 5.41) is 5.06. The van der Waals surface area contributed by atoms with Crippen LogP contribution in [0.4, 0.5) is 0 Å². The first-order chi connectivity index (χ1) is 4.91. The maximum Gasteiger partial charge on any atom is 0.162 e. The van der Waals surface area contributed by atoms with Gasteiger partial charge in [-0.15, -0.1) is 6.58 Å². The van der Waals surface area contributed by atoms with E-state index < -0.39 is 0 Å². The van der Waals surface area contributed by atoms with Crippen molar-refractivity contribution in [3.63, 3.8) is 0 Å². The molecule has 10 heavy (non-hydrogen) atoms. The average molecular weight is 144 g/mol. The zero-order valence-electron chi connectivity index (χ0n) is 6.08. The Morgan fingerprint density at radius 2 is 1.80 bits per heavy atom. The molecule has 58 valence electrons. The number of hydrogen-bond acceptors (Lipinski definition) is 2. The summed E-state index contributed by atoms with van der Waals surface area (Å²) in [5.74, 6) is 0. The van der Waals surface area contributed by atoms with Crippen LogP contribution in [0, 0.1) is 0 Å². The van der Waals surface area contributed by atoms with Crippen molar-refractivity contribution in [1.29, 1.82) is 0 Å². The predicted octanol–water partition coefficient (Wildman–Crippen LogP) is -0.964. The topological polar surface area (TPSA) is 44.0 Å². The molecule has 0 bridgehead atoms. The summed E-state index contributed by atoms with van der Waals surface area (Å²) in [6.45, 7) is 5.75. The monoisotopic (exact) mass is 144 g/mol. The van der Waals surface area contributed by atoms with E-state index in [-0.39, 0.29) is 0 Å². The standard InChI is InChI=1S/C7H13NO2/c1-2-4-9-6-7-10-5-3-8/h2-3,8H,1,4-7H2/p+1. The van der Waals surface area contributed by atoms with E-state index in [9.17, 15) is 0 Å². The normalized spacial score (nSPS) is 9.20. The van der Waals surface area contributed by atoms with Crippen molar-refractivity contribution < 1.29 is 14.9 Å². The van der Waals surface area contributed by atoms with Gasteiger partial charge in [-0.1, -0.05) is 6.08 Å². The second-order valence-electron chi connectivity index (χ2n) is 1.67. The average Bonchev–Trinajstić information content (AvgIpc) is 1.97. The molecule has 0 rings (SSSR count). The first-order valence-corrected chi connectivity index (χ1v) is 3.21. The van der Waals surface area contributed by atoms with Gasteiger partial charge in [-0.3, -0.25) is 5.41 Å². The largest absolute Gasteiger partial charge is 0.375 e. The lowest BCUT2D eigenvalue weighted by atomic mass is 10.7. The molecule has 0 aliphatic heterocycles. The molecule has 0 saturated carbocycles. The lowest BCUT2D eigenvalue weighted by Crippen LogP contribution is -2.32. The van der Waals surface area contributed by atoms with Gasteiger partial charge in [0.1, 0.15) is 6.61 Å². The highest BCUT2D eigenvalue weighted by atomic mass is 16.5. The Bertz CT molecular complexity index is 81.6. The number of hydrogen-bond donors (Lipinski definition) is 1. The molecule has 3 nitrogen and oxygen atoms in total. The molecule has 0 fully saturated rings. The molecule has 0 amide bonds. The van der Waals surface area contributed by atoms with E-state index >= 15 is 0 Å². The van der Waals surface area contributed by atoms with Crippen LogP contribution in [0.1, 0.15) is 0 Å². The SMILES string of the molecule is C=CCOCCOCC=[NH2+]. The molecule has 0 aliphatic rings. The molecule has 0 aromatic rings. The minimum atomic E-state index is 0.484. The maximum absolute atomic E-state index is 5.06. The molecule has 2 N–H and O–H groups in total. The molecule has 0 radical (unpaired) electrons. The van der Waals surface area contributed by atoms with Crippen LogP contribution < -0.4 is 5.41 Å². The van der Waals surface area contributed by atoms with Gasteiger partial charge in [0.2, 0.25) is 0 Å². The van der Waals surface area contributed by atoms with Crippen molar-refractivity contribution >= 4 is 6.21 Å². The Hall–Kier alpha value is -0.670. The summed E-state index contributed by atoms with van der Waals surface area (Å²) < 4.78 is 10.0. The minimum absolute atomic E-state index is 0.484. The lowest BCUT2D eigenvalue weighted by Gasteiger charge is -1.98. The van der Waals surface area contributed by atoms with Gasteiger partial charge in [-0.25, -0.2) is 0 Å². The lowest BCUT2D eigenvalue weighted by molar-refractivity contribution is -0.112.